The summed E-state index contributed by atoms with van der Waals surface area (Å²) in [5, 5.41) is 14.1. The largest absolute Gasteiger partial charge is 0.377 e. The highest BCUT2D eigenvalue weighted by Crippen LogP contribution is 2.35. The van der Waals surface area contributed by atoms with Crippen molar-refractivity contribution < 1.29 is 4.92 Å². The van der Waals surface area contributed by atoms with Gasteiger partial charge >= 0.3 is 0 Å². The van der Waals surface area contributed by atoms with Crippen LogP contribution in [0.2, 0.25) is 0 Å². The van der Waals surface area contributed by atoms with Crippen LogP contribution < -0.4 is 5.32 Å². The molecule has 5 heteroatoms. The van der Waals surface area contributed by atoms with E-state index in [0.717, 1.165) is 17.3 Å². The van der Waals surface area contributed by atoms with Crippen molar-refractivity contribution in [2.75, 3.05) is 5.32 Å². The van der Waals surface area contributed by atoms with Crippen LogP contribution in [-0.4, -0.2) is 11.0 Å². The summed E-state index contributed by atoms with van der Waals surface area (Å²) in [5.74, 6) is 0. The quantitative estimate of drug-likeness (QED) is 0.678. The minimum Gasteiger partial charge on any atom is -0.377 e. The van der Waals surface area contributed by atoms with Crippen LogP contribution in [0.1, 0.15) is 18.4 Å². The van der Waals surface area contributed by atoms with E-state index in [1.54, 1.807) is 19.1 Å². The van der Waals surface area contributed by atoms with Crippen LogP contribution in [0, 0.1) is 17.0 Å². The molecule has 0 aromatic heterocycles. The van der Waals surface area contributed by atoms with Crippen molar-refractivity contribution >= 4 is 27.3 Å². The number of hydrogen-bond donors (Lipinski definition) is 1. The van der Waals surface area contributed by atoms with E-state index in [0.29, 0.717) is 17.3 Å². The maximum Gasteiger partial charge on any atom is 0.295 e. The van der Waals surface area contributed by atoms with Gasteiger partial charge in [0.1, 0.15) is 5.69 Å². The maximum absolute atomic E-state index is 10.9. The van der Waals surface area contributed by atoms with Crippen molar-refractivity contribution in [1.82, 2.24) is 0 Å². The van der Waals surface area contributed by atoms with Gasteiger partial charge in [-0.25, -0.2) is 0 Å². The first-order valence-corrected chi connectivity index (χ1v) is 5.58. The molecule has 0 bridgehead atoms. The Morgan fingerprint density at radius 2 is 2.20 bits per heavy atom. The zero-order valence-electron chi connectivity index (χ0n) is 8.29. The minimum absolute atomic E-state index is 0.185. The Hall–Kier alpha value is -1.10. The summed E-state index contributed by atoms with van der Waals surface area (Å²) >= 11 is 3.34. The van der Waals surface area contributed by atoms with E-state index in [4.69, 9.17) is 0 Å². The molecule has 80 valence electrons. The molecule has 0 unspecified atom stereocenters. The van der Waals surface area contributed by atoms with Gasteiger partial charge < -0.3 is 5.32 Å². The third-order valence-electron chi connectivity index (χ3n) is 2.38. The highest BCUT2D eigenvalue weighted by molar-refractivity contribution is 9.10. The number of nitro benzene ring substituents is 1. The van der Waals surface area contributed by atoms with Gasteiger partial charge in [-0.05, 0) is 31.9 Å². The topological polar surface area (TPSA) is 55.2 Å². The van der Waals surface area contributed by atoms with Crippen molar-refractivity contribution in [3.05, 3.63) is 32.3 Å². The van der Waals surface area contributed by atoms with Crippen LogP contribution in [0.15, 0.2) is 16.6 Å². The van der Waals surface area contributed by atoms with E-state index in [-0.39, 0.29) is 10.6 Å². The van der Waals surface area contributed by atoms with Crippen LogP contribution in [0.4, 0.5) is 11.4 Å². The monoisotopic (exact) mass is 270 g/mol. The summed E-state index contributed by atoms with van der Waals surface area (Å²) in [7, 11) is 0. The van der Waals surface area contributed by atoms with Crippen LogP contribution in [-0.2, 0) is 0 Å². The number of rotatable bonds is 3. The fourth-order valence-corrected chi connectivity index (χ4v) is 2.11. The summed E-state index contributed by atoms with van der Waals surface area (Å²) in [6.07, 6.45) is 2.20. The van der Waals surface area contributed by atoms with E-state index in [9.17, 15) is 10.1 Å². The van der Waals surface area contributed by atoms with Gasteiger partial charge in [-0.2, -0.15) is 0 Å². The first-order chi connectivity index (χ1) is 7.08. The van der Waals surface area contributed by atoms with Gasteiger partial charge in [0, 0.05) is 16.1 Å². The summed E-state index contributed by atoms with van der Waals surface area (Å²) in [6, 6.07) is 3.94. The highest BCUT2D eigenvalue weighted by atomic mass is 79.9. The van der Waals surface area contributed by atoms with Crippen molar-refractivity contribution in [1.29, 1.82) is 0 Å². The molecule has 0 aliphatic heterocycles. The van der Waals surface area contributed by atoms with Gasteiger partial charge in [0.15, 0.2) is 0 Å². The number of aryl methyl sites for hydroxylation is 1. The molecule has 4 nitrogen and oxygen atoms in total. The van der Waals surface area contributed by atoms with E-state index >= 15 is 0 Å². The predicted octanol–water partition coefficient (Wildman–Crippen LogP) is 3.24. The van der Waals surface area contributed by atoms with Crippen molar-refractivity contribution in [3.63, 3.8) is 0 Å². The number of anilines is 1. The molecular formula is C10H11BrN2O2. The lowest BCUT2D eigenvalue weighted by Crippen LogP contribution is -2.05. The maximum atomic E-state index is 10.9. The molecule has 0 saturated heterocycles. The van der Waals surface area contributed by atoms with Crippen molar-refractivity contribution in [3.8, 4) is 0 Å². The lowest BCUT2D eigenvalue weighted by molar-refractivity contribution is -0.384. The van der Waals surface area contributed by atoms with E-state index in [1.807, 2.05) is 0 Å². The summed E-state index contributed by atoms with van der Waals surface area (Å²) in [5.41, 5.74) is 1.48. The van der Waals surface area contributed by atoms with Crippen molar-refractivity contribution in [2.24, 2.45) is 0 Å². The van der Waals surface area contributed by atoms with Crippen LogP contribution in [0.5, 0.6) is 0 Å². The predicted molar refractivity (Wildman–Crippen MR) is 62.2 cm³/mol. The zero-order chi connectivity index (χ0) is 11.0. The molecule has 0 amide bonds. The van der Waals surface area contributed by atoms with Gasteiger partial charge in [-0.3, -0.25) is 10.1 Å². The fourth-order valence-electron chi connectivity index (χ4n) is 1.54. The molecule has 0 heterocycles. The standard InChI is InChI=1S/C10H11BrN2O2/c1-6-4-7(11)5-9(10(6)13(14)15)12-8-2-3-8/h4-5,8,12H,2-3H2,1H3. The van der Waals surface area contributed by atoms with Gasteiger partial charge in [-0.15, -0.1) is 0 Å². The second-order valence-electron chi connectivity index (χ2n) is 3.79. The van der Waals surface area contributed by atoms with Gasteiger partial charge in [0.25, 0.3) is 5.69 Å². The highest BCUT2D eigenvalue weighted by Gasteiger charge is 2.26. The summed E-state index contributed by atoms with van der Waals surface area (Å²) < 4.78 is 0.869. The number of hydrogen-bond acceptors (Lipinski definition) is 3. The average Bonchev–Trinajstić information content (AvgIpc) is 2.85. The number of benzene rings is 1. The fraction of sp³-hybridized carbons (Fsp3) is 0.400. The Kier molecular flexibility index (Phi) is 2.65. The molecule has 0 atom stereocenters. The number of nitrogens with one attached hydrogen (secondary N) is 1. The molecule has 1 N–H and O–H groups in total. The third-order valence-corrected chi connectivity index (χ3v) is 2.84. The normalized spacial score (nSPS) is 15.1. The molecule has 2 rings (SSSR count). The zero-order valence-corrected chi connectivity index (χ0v) is 9.87. The number of nitrogens with zero attached hydrogens (tertiary/aromatic N) is 1. The van der Waals surface area contributed by atoms with Crippen LogP contribution in [0.3, 0.4) is 0 Å². The van der Waals surface area contributed by atoms with Gasteiger partial charge in [0.2, 0.25) is 0 Å². The Morgan fingerprint density at radius 1 is 1.53 bits per heavy atom. The molecule has 1 aliphatic rings. The number of nitro groups is 1. The van der Waals surface area contributed by atoms with E-state index < -0.39 is 0 Å². The Labute approximate surface area is 96.0 Å². The lowest BCUT2D eigenvalue weighted by Gasteiger charge is -2.08. The molecular weight excluding hydrogens is 260 g/mol. The van der Waals surface area contributed by atoms with E-state index in [1.165, 1.54) is 0 Å². The summed E-state index contributed by atoms with van der Waals surface area (Å²) in [4.78, 5) is 10.6. The smallest absolute Gasteiger partial charge is 0.295 e. The molecule has 1 fully saturated rings. The number of halogens is 1. The molecule has 1 saturated carbocycles. The first-order valence-electron chi connectivity index (χ1n) is 4.79. The van der Waals surface area contributed by atoms with Gasteiger partial charge in [0.05, 0.1) is 4.92 Å². The first kappa shape index (κ1) is 10.4. The van der Waals surface area contributed by atoms with E-state index in [2.05, 4.69) is 21.2 Å². The Bertz CT molecular complexity index is 416. The SMILES string of the molecule is Cc1cc(Br)cc(NC2CC2)c1[N+](=O)[O-]. The summed E-state index contributed by atoms with van der Waals surface area (Å²) in [6.45, 7) is 1.75. The molecule has 15 heavy (non-hydrogen) atoms. The molecule has 1 aliphatic carbocycles. The molecule has 0 radical (unpaired) electrons. The third kappa shape index (κ3) is 2.28. The minimum atomic E-state index is -0.327. The molecule has 0 spiro atoms. The molecule has 1 aromatic carbocycles. The second kappa shape index (κ2) is 3.81. The Morgan fingerprint density at radius 3 is 2.73 bits per heavy atom. The van der Waals surface area contributed by atoms with Crippen molar-refractivity contribution in [2.45, 2.75) is 25.8 Å². The van der Waals surface area contributed by atoms with Gasteiger partial charge in [-0.1, -0.05) is 15.9 Å². The Balaban J connectivity index is 2.42. The average molecular weight is 271 g/mol. The second-order valence-corrected chi connectivity index (χ2v) is 4.71. The lowest BCUT2D eigenvalue weighted by atomic mass is 10.1. The van der Waals surface area contributed by atoms with Crippen LogP contribution >= 0.6 is 15.9 Å². The van der Waals surface area contributed by atoms with Crippen LogP contribution in [0.25, 0.3) is 0 Å². The molecule has 1 aromatic rings.